The number of hydrogen-bond donors (Lipinski definition) is 1. The molecule has 0 aliphatic rings. The highest BCUT2D eigenvalue weighted by atomic mass is 14.9. The summed E-state index contributed by atoms with van der Waals surface area (Å²) in [6.07, 6.45) is 1.82. The minimum absolute atomic E-state index is 0.769. The van der Waals surface area contributed by atoms with E-state index in [1.54, 1.807) is 0 Å². The third-order valence-corrected chi connectivity index (χ3v) is 2.57. The highest BCUT2D eigenvalue weighted by molar-refractivity contribution is 5.51. The summed E-state index contributed by atoms with van der Waals surface area (Å²) in [4.78, 5) is 4.28. The number of hydrogen-bond acceptors (Lipinski definition) is 2. The molecule has 2 aromatic rings. The Morgan fingerprint density at radius 1 is 1.12 bits per heavy atom. The van der Waals surface area contributed by atoms with Crippen LogP contribution in [0.5, 0.6) is 0 Å². The Kier molecular flexibility index (Phi) is 3.20. The van der Waals surface area contributed by atoms with Crippen molar-refractivity contribution in [3.63, 3.8) is 0 Å². The molecule has 0 saturated heterocycles. The second-order valence-corrected chi connectivity index (χ2v) is 3.99. The van der Waals surface area contributed by atoms with Gasteiger partial charge in [0.15, 0.2) is 0 Å². The van der Waals surface area contributed by atoms with Gasteiger partial charge in [-0.2, -0.15) is 0 Å². The SMILES string of the molecule is Cc1ccc(NCc2ccccn2)c(C)c1. The van der Waals surface area contributed by atoms with Gasteiger partial charge in [-0.3, -0.25) is 4.98 Å². The molecule has 0 fully saturated rings. The van der Waals surface area contributed by atoms with Crippen molar-refractivity contribution >= 4 is 5.69 Å². The van der Waals surface area contributed by atoms with Gasteiger partial charge < -0.3 is 5.32 Å². The average Bonchev–Trinajstić information content (AvgIpc) is 2.29. The molecule has 0 aliphatic carbocycles. The Labute approximate surface area is 96.4 Å². The molecule has 0 radical (unpaired) electrons. The molecular weight excluding hydrogens is 196 g/mol. The summed E-state index contributed by atoms with van der Waals surface area (Å²) in [6.45, 7) is 4.99. The van der Waals surface area contributed by atoms with Crippen LogP contribution in [-0.2, 0) is 6.54 Å². The van der Waals surface area contributed by atoms with Crippen LogP contribution in [0.25, 0.3) is 0 Å². The van der Waals surface area contributed by atoms with E-state index in [4.69, 9.17) is 0 Å². The van der Waals surface area contributed by atoms with Gasteiger partial charge >= 0.3 is 0 Å². The lowest BCUT2D eigenvalue weighted by molar-refractivity contribution is 1.04. The molecule has 2 nitrogen and oxygen atoms in total. The van der Waals surface area contributed by atoms with Crippen molar-refractivity contribution in [1.82, 2.24) is 4.98 Å². The predicted molar refractivity (Wildman–Crippen MR) is 67.5 cm³/mol. The summed E-state index contributed by atoms with van der Waals surface area (Å²) < 4.78 is 0. The number of nitrogens with zero attached hydrogens (tertiary/aromatic N) is 1. The molecule has 0 amide bonds. The van der Waals surface area contributed by atoms with Gasteiger partial charge in [-0.15, -0.1) is 0 Å². The first-order valence-corrected chi connectivity index (χ1v) is 5.47. The fraction of sp³-hybridized carbons (Fsp3) is 0.214. The first-order valence-electron chi connectivity index (χ1n) is 5.47. The van der Waals surface area contributed by atoms with E-state index in [1.165, 1.54) is 16.8 Å². The number of aromatic nitrogens is 1. The number of benzene rings is 1. The fourth-order valence-electron chi connectivity index (χ4n) is 1.70. The fourth-order valence-corrected chi connectivity index (χ4v) is 1.70. The maximum Gasteiger partial charge on any atom is 0.0594 e. The minimum Gasteiger partial charge on any atom is -0.379 e. The first kappa shape index (κ1) is 10.7. The summed E-state index contributed by atoms with van der Waals surface area (Å²) in [5.41, 5.74) is 4.80. The lowest BCUT2D eigenvalue weighted by atomic mass is 10.1. The van der Waals surface area contributed by atoms with Gasteiger partial charge in [0.2, 0.25) is 0 Å². The van der Waals surface area contributed by atoms with Crippen LogP contribution in [-0.4, -0.2) is 4.98 Å². The van der Waals surface area contributed by atoms with E-state index >= 15 is 0 Å². The van der Waals surface area contributed by atoms with Gasteiger partial charge in [-0.05, 0) is 37.6 Å². The molecule has 16 heavy (non-hydrogen) atoms. The lowest BCUT2D eigenvalue weighted by Crippen LogP contribution is -2.02. The average molecular weight is 212 g/mol. The molecule has 0 aliphatic heterocycles. The maximum atomic E-state index is 4.28. The Bertz CT molecular complexity index is 463. The van der Waals surface area contributed by atoms with Crippen LogP contribution in [0.15, 0.2) is 42.6 Å². The van der Waals surface area contributed by atoms with Crippen molar-refractivity contribution in [1.29, 1.82) is 0 Å². The van der Waals surface area contributed by atoms with Crippen LogP contribution in [0.1, 0.15) is 16.8 Å². The second kappa shape index (κ2) is 4.79. The summed E-state index contributed by atoms with van der Waals surface area (Å²) in [6, 6.07) is 12.4. The van der Waals surface area contributed by atoms with Gasteiger partial charge in [0.25, 0.3) is 0 Å². The van der Waals surface area contributed by atoms with Crippen LogP contribution >= 0.6 is 0 Å². The van der Waals surface area contributed by atoms with Crippen LogP contribution in [0.4, 0.5) is 5.69 Å². The van der Waals surface area contributed by atoms with Crippen LogP contribution in [0.3, 0.4) is 0 Å². The van der Waals surface area contributed by atoms with Crippen molar-refractivity contribution in [3.8, 4) is 0 Å². The number of pyridine rings is 1. The number of aryl methyl sites for hydroxylation is 2. The molecule has 0 spiro atoms. The van der Waals surface area contributed by atoms with E-state index in [0.29, 0.717) is 0 Å². The standard InChI is InChI=1S/C14H16N2/c1-11-6-7-14(12(2)9-11)16-10-13-5-3-4-8-15-13/h3-9,16H,10H2,1-2H3. The molecule has 82 valence electrons. The zero-order valence-electron chi connectivity index (χ0n) is 9.70. The Morgan fingerprint density at radius 3 is 2.69 bits per heavy atom. The number of rotatable bonds is 3. The molecular formula is C14H16N2. The zero-order chi connectivity index (χ0) is 11.4. The zero-order valence-corrected chi connectivity index (χ0v) is 9.70. The molecule has 1 N–H and O–H groups in total. The third-order valence-electron chi connectivity index (χ3n) is 2.57. The number of nitrogens with one attached hydrogen (secondary N) is 1. The second-order valence-electron chi connectivity index (χ2n) is 3.99. The van der Waals surface area contributed by atoms with Crippen LogP contribution in [0.2, 0.25) is 0 Å². The first-order chi connectivity index (χ1) is 7.75. The summed E-state index contributed by atoms with van der Waals surface area (Å²) >= 11 is 0. The maximum absolute atomic E-state index is 4.28. The Balaban J connectivity index is 2.05. The van der Waals surface area contributed by atoms with Crippen LogP contribution < -0.4 is 5.32 Å². The molecule has 0 atom stereocenters. The van der Waals surface area contributed by atoms with Crippen molar-refractivity contribution in [3.05, 3.63) is 59.4 Å². The van der Waals surface area contributed by atoms with Crippen LogP contribution in [0, 0.1) is 13.8 Å². The summed E-state index contributed by atoms with van der Waals surface area (Å²) in [7, 11) is 0. The quantitative estimate of drug-likeness (QED) is 0.844. The van der Waals surface area contributed by atoms with Gasteiger partial charge in [0.1, 0.15) is 0 Å². The van der Waals surface area contributed by atoms with E-state index < -0.39 is 0 Å². The van der Waals surface area contributed by atoms with Gasteiger partial charge in [0.05, 0.1) is 12.2 Å². The monoisotopic (exact) mass is 212 g/mol. The van der Waals surface area contributed by atoms with Gasteiger partial charge in [-0.1, -0.05) is 23.8 Å². The molecule has 1 heterocycles. The van der Waals surface area contributed by atoms with E-state index in [2.05, 4.69) is 42.3 Å². The molecule has 2 rings (SSSR count). The Morgan fingerprint density at radius 2 is 2.00 bits per heavy atom. The van der Waals surface area contributed by atoms with Crippen molar-refractivity contribution in [2.75, 3.05) is 5.32 Å². The van der Waals surface area contributed by atoms with E-state index in [1.807, 2.05) is 24.4 Å². The summed E-state index contributed by atoms with van der Waals surface area (Å²) in [5.74, 6) is 0. The molecule has 0 saturated carbocycles. The van der Waals surface area contributed by atoms with Gasteiger partial charge in [-0.25, -0.2) is 0 Å². The highest BCUT2D eigenvalue weighted by Crippen LogP contribution is 2.16. The summed E-state index contributed by atoms with van der Waals surface area (Å²) in [5, 5.41) is 3.39. The molecule has 1 aromatic carbocycles. The topological polar surface area (TPSA) is 24.9 Å². The van der Waals surface area contributed by atoms with E-state index in [-0.39, 0.29) is 0 Å². The highest BCUT2D eigenvalue weighted by Gasteiger charge is 1.98. The van der Waals surface area contributed by atoms with E-state index in [9.17, 15) is 0 Å². The Hall–Kier alpha value is -1.83. The molecule has 1 aromatic heterocycles. The predicted octanol–water partition coefficient (Wildman–Crippen LogP) is 3.31. The van der Waals surface area contributed by atoms with Crippen molar-refractivity contribution in [2.24, 2.45) is 0 Å². The normalized spacial score (nSPS) is 10.1. The minimum atomic E-state index is 0.769. The van der Waals surface area contributed by atoms with Gasteiger partial charge in [0, 0.05) is 11.9 Å². The van der Waals surface area contributed by atoms with Crippen molar-refractivity contribution in [2.45, 2.75) is 20.4 Å². The molecule has 0 unspecified atom stereocenters. The van der Waals surface area contributed by atoms with Crippen molar-refractivity contribution < 1.29 is 0 Å². The molecule has 2 heteroatoms. The number of anilines is 1. The lowest BCUT2D eigenvalue weighted by Gasteiger charge is -2.09. The van der Waals surface area contributed by atoms with E-state index in [0.717, 1.165) is 12.2 Å². The molecule has 0 bridgehead atoms. The largest absolute Gasteiger partial charge is 0.379 e. The third kappa shape index (κ3) is 2.60. The smallest absolute Gasteiger partial charge is 0.0594 e.